The van der Waals surface area contributed by atoms with Crippen molar-refractivity contribution in [3.8, 4) is 5.75 Å². The number of hydrogen-bond donors (Lipinski definition) is 4. The first kappa shape index (κ1) is 31.0. The average molecular weight is 539 g/mol. The molecule has 2 rings (SSSR count). The molecule has 0 radical (unpaired) electrons. The Balaban J connectivity index is 2.38. The molecule has 1 aromatic carbocycles. The van der Waals surface area contributed by atoms with Crippen LogP contribution in [-0.2, 0) is 25.6 Å². The Kier molecular flexibility index (Phi) is 12.9. The molecule has 13 nitrogen and oxygen atoms in total. The van der Waals surface area contributed by atoms with E-state index in [0.29, 0.717) is 18.8 Å². The van der Waals surface area contributed by atoms with E-state index in [2.05, 4.69) is 0 Å². The molecule has 212 valence electrons. The summed E-state index contributed by atoms with van der Waals surface area (Å²) in [6.45, 7) is 3.05. The molecule has 1 fully saturated rings. The van der Waals surface area contributed by atoms with Gasteiger partial charge in [0.2, 0.25) is 0 Å². The van der Waals surface area contributed by atoms with Gasteiger partial charge in [0.25, 0.3) is 0 Å². The summed E-state index contributed by atoms with van der Waals surface area (Å²) in [5.41, 5.74) is 0.908. The van der Waals surface area contributed by atoms with E-state index in [4.69, 9.17) is 4.74 Å². The van der Waals surface area contributed by atoms with Crippen LogP contribution in [0.15, 0.2) is 24.3 Å². The second-order valence-corrected chi connectivity index (χ2v) is 9.27. The van der Waals surface area contributed by atoms with Crippen molar-refractivity contribution in [2.75, 3.05) is 78.6 Å². The monoisotopic (exact) mass is 538 g/mol. The molecule has 1 atom stereocenters. The molecule has 0 aliphatic carbocycles. The number of carboxylic acid groups (broad SMARTS) is 4. The minimum absolute atomic E-state index is 0.229. The van der Waals surface area contributed by atoms with Crippen LogP contribution in [-0.4, -0.2) is 149 Å². The van der Waals surface area contributed by atoms with Crippen molar-refractivity contribution in [2.45, 2.75) is 19.4 Å². The maximum Gasteiger partial charge on any atom is 0.317 e. The molecule has 0 amide bonds. The zero-order chi connectivity index (χ0) is 28.1. The molecular formula is C25H38N4O9. The van der Waals surface area contributed by atoms with Gasteiger partial charge in [0, 0.05) is 51.9 Å². The minimum Gasteiger partial charge on any atom is -0.494 e. The van der Waals surface area contributed by atoms with E-state index in [1.54, 1.807) is 19.6 Å². The van der Waals surface area contributed by atoms with Gasteiger partial charge in [0.1, 0.15) is 5.75 Å². The van der Waals surface area contributed by atoms with Crippen LogP contribution in [0.4, 0.5) is 0 Å². The minimum atomic E-state index is -1.05. The number of rotatable bonds is 12. The Morgan fingerprint density at radius 1 is 0.711 bits per heavy atom. The van der Waals surface area contributed by atoms with E-state index in [1.165, 1.54) is 0 Å². The zero-order valence-corrected chi connectivity index (χ0v) is 21.7. The third-order valence-corrected chi connectivity index (χ3v) is 6.27. The number of aliphatic carboxylic acids is 4. The second-order valence-electron chi connectivity index (χ2n) is 9.27. The Bertz CT molecular complexity index is 928. The van der Waals surface area contributed by atoms with Crippen LogP contribution in [0.2, 0.25) is 0 Å². The lowest BCUT2D eigenvalue weighted by molar-refractivity contribution is -0.142. The SMILES string of the molecule is CCOc1ccc(CC2CN(CC(=O)O)CCN(CC(=O)O)CCN(CC(=O)O)CCN2CC(=O)O)cc1. The highest BCUT2D eigenvalue weighted by molar-refractivity contribution is 5.70. The lowest BCUT2D eigenvalue weighted by atomic mass is 10.0. The van der Waals surface area contributed by atoms with Gasteiger partial charge in [-0.2, -0.15) is 0 Å². The van der Waals surface area contributed by atoms with E-state index in [0.717, 1.165) is 5.56 Å². The van der Waals surface area contributed by atoms with E-state index in [9.17, 15) is 39.6 Å². The van der Waals surface area contributed by atoms with Crippen molar-refractivity contribution >= 4 is 23.9 Å². The second kappa shape index (κ2) is 15.9. The van der Waals surface area contributed by atoms with Gasteiger partial charge in [-0.3, -0.25) is 38.8 Å². The van der Waals surface area contributed by atoms with Crippen molar-refractivity contribution in [1.29, 1.82) is 0 Å². The number of hydrogen-bond acceptors (Lipinski definition) is 9. The summed E-state index contributed by atoms with van der Waals surface area (Å²) in [6.07, 6.45) is 0.424. The highest BCUT2D eigenvalue weighted by atomic mass is 16.5. The first-order valence-electron chi connectivity index (χ1n) is 12.6. The van der Waals surface area contributed by atoms with Crippen LogP contribution >= 0.6 is 0 Å². The summed E-state index contributed by atoms with van der Waals surface area (Å²) in [4.78, 5) is 53.0. The highest BCUT2D eigenvalue weighted by Gasteiger charge is 2.27. The summed E-state index contributed by atoms with van der Waals surface area (Å²) in [5.74, 6) is -3.46. The molecule has 4 N–H and O–H groups in total. The number of nitrogens with zero attached hydrogens (tertiary/aromatic N) is 4. The Morgan fingerprint density at radius 2 is 1.16 bits per heavy atom. The van der Waals surface area contributed by atoms with Gasteiger partial charge in [0.15, 0.2) is 0 Å². The van der Waals surface area contributed by atoms with Crippen LogP contribution in [0, 0.1) is 0 Å². The predicted octanol–water partition coefficient (Wildman–Crippen LogP) is -0.444. The van der Waals surface area contributed by atoms with Gasteiger partial charge < -0.3 is 25.2 Å². The standard InChI is InChI=1S/C25H38N4O9/c1-2-38-21-5-3-19(4-6-21)13-20-14-28(17-24(34)35)10-9-26(15-22(30)31)7-8-27(16-23(32)33)11-12-29(20)18-25(36)37/h3-6,20H,2,7-18H2,1H3,(H,30,31)(H,32,33)(H,34,35)(H,36,37). The summed E-state index contributed by atoms with van der Waals surface area (Å²) < 4.78 is 5.50. The first-order valence-corrected chi connectivity index (χ1v) is 12.6. The molecule has 38 heavy (non-hydrogen) atoms. The summed E-state index contributed by atoms with van der Waals surface area (Å²) in [5, 5.41) is 37.9. The highest BCUT2D eigenvalue weighted by Crippen LogP contribution is 2.17. The van der Waals surface area contributed by atoms with E-state index >= 15 is 0 Å². The van der Waals surface area contributed by atoms with E-state index in [1.807, 2.05) is 31.2 Å². The quantitative estimate of drug-likeness (QED) is 0.270. The molecule has 13 heteroatoms. The van der Waals surface area contributed by atoms with Gasteiger partial charge in [-0.05, 0) is 31.0 Å². The fourth-order valence-electron chi connectivity index (χ4n) is 4.52. The lowest BCUT2D eigenvalue weighted by Gasteiger charge is -2.37. The van der Waals surface area contributed by atoms with Crippen molar-refractivity contribution in [2.24, 2.45) is 0 Å². The number of ether oxygens (including phenoxy) is 1. The molecular weight excluding hydrogens is 500 g/mol. The molecule has 0 aromatic heterocycles. The maximum absolute atomic E-state index is 11.8. The lowest BCUT2D eigenvalue weighted by Crippen LogP contribution is -2.53. The van der Waals surface area contributed by atoms with E-state index in [-0.39, 0.29) is 72.0 Å². The third kappa shape index (κ3) is 11.9. The smallest absolute Gasteiger partial charge is 0.317 e. The van der Waals surface area contributed by atoms with Crippen LogP contribution in [0.25, 0.3) is 0 Å². The largest absolute Gasteiger partial charge is 0.494 e. The molecule has 1 aliphatic heterocycles. The number of benzene rings is 1. The maximum atomic E-state index is 11.8. The zero-order valence-electron chi connectivity index (χ0n) is 21.7. The predicted molar refractivity (Wildman–Crippen MR) is 137 cm³/mol. The molecule has 1 aliphatic rings. The van der Waals surface area contributed by atoms with Crippen molar-refractivity contribution < 1.29 is 44.3 Å². The van der Waals surface area contributed by atoms with Gasteiger partial charge in [-0.25, -0.2) is 0 Å². The Labute approximate surface area is 221 Å². The number of carboxylic acids is 4. The van der Waals surface area contributed by atoms with Crippen LogP contribution in [0.1, 0.15) is 12.5 Å². The fourth-order valence-corrected chi connectivity index (χ4v) is 4.52. The van der Waals surface area contributed by atoms with Gasteiger partial charge >= 0.3 is 23.9 Å². The summed E-state index contributed by atoms with van der Waals surface area (Å²) >= 11 is 0. The molecule has 1 unspecified atom stereocenters. The normalized spacial score (nSPS) is 19.2. The topological polar surface area (TPSA) is 171 Å². The number of carbonyl (C=O) groups is 4. The molecule has 0 saturated carbocycles. The van der Waals surface area contributed by atoms with E-state index < -0.39 is 29.9 Å². The van der Waals surface area contributed by atoms with Gasteiger partial charge in [0.05, 0.1) is 32.8 Å². The Hall–Kier alpha value is -3.26. The fraction of sp³-hybridized carbons (Fsp3) is 0.600. The van der Waals surface area contributed by atoms with Gasteiger partial charge in [-0.15, -0.1) is 0 Å². The first-order chi connectivity index (χ1) is 18.0. The van der Waals surface area contributed by atoms with Crippen LogP contribution < -0.4 is 4.74 Å². The molecule has 1 heterocycles. The Morgan fingerprint density at radius 3 is 1.63 bits per heavy atom. The van der Waals surface area contributed by atoms with Gasteiger partial charge in [-0.1, -0.05) is 12.1 Å². The summed E-state index contributed by atoms with van der Waals surface area (Å²) in [7, 11) is 0. The molecule has 0 spiro atoms. The van der Waals surface area contributed by atoms with Crippen LogP contribution in [0.3, 0.4) is 0 Å². The average Bonchev–Trinajstić information content (AvgIpc) is 2.82. The van der Waals surface area contributed by atoms with Crippen molar-refractivity contribution in [3.63, 3.8) is 0 Å². The molecule has 1 saturated heterocycles. The molecule has 1 aromatic rings. The third-order valence-electron chi connectivity index (χ3n) is 6.27. The van der Waals surface area contributed by atoms with Crippen LogP contribution in [0.5, 0.6) is 5.75 Å². The molecule has 0 bridgehead atoms. The van der Waals surface area contributed by atoms with Crippen molar-refractivity contribution in [3.05, 3.63) is 29.8 Å². The van der Waals surface area contributed by atoms with Crippen molar-refractivity contribution in [1.82, 2.24) is 19.6 Å². The summed E-state index contributed by atoms with van der Waals surface area (Å²) in [6, 6.07) is 7.01.